The average molecular weight is 248 g/mol. The molecule has 0 bridgehead atoms. The lowest BCUT2D eigenvalue weighted by Gasteiger charge is -2.41. The van der Waals surface area contributed by atoms with Crippen molar-refractivity contribution >= 4 is 5.91 Å². The van der Waals surface area contributed by atoms with E-state index in [4.69, 9.17) is 0 Å². The summed E-state index contributed by atoms with van der Waals surface area (Å²) in [6.07, 6.45) is -11.4. The van der Waals surface area contributed by atoms with Gasteiger partial charge in [-0.05, 0) is 0 Å². The van der Waals surface area contributed by atoms with E-state index in [9.17, 15) is 31.1 Å². The van der Waals surface area contributed by atoms with Gasteiger partial charge in [0.2, 0.25) is 5.91 Å². The molecule has 0 aromatic heterocycles. The Morgan fingerprint density at radius 1 is 1.12 bits per heavy atom. The van der Waals surface area contributed by atoms with Crippen molar-refractivity contribution in [2.75, 3.05) is 6.54 Å². The van der Waals surface area contributed by atoms with Crippen molar-refractivity contribution in [3.05, 3.63) is 12.2 Å². The van der Waals surface area contributed by atoms with Gasteiger partial charge in [-0.2, -0.15) is 26.3 Å². The minimum atomic E-state index is -5.69. The SMILES string of the molecule is C=C1CNC(C(F)(F)F)(C(F)(F)F)NC1=O. The fraction of sp³-hybridized carbons (Fsp3) is 0.571. The fourth-order valence-electron chi connectivity index (χ4n) is 1.13. The van der Waals surface area contributed by atoms with Crippen LogP contribution in [0.5, 0.6) is 0 Å². The van der Waals surface area contributed by atoms with E-state index in [-0.39, 0.29) is 0 Å². The topological polar surface area (TPSA) is 41.1 Å². The molecule has 1 fully saturated rings. The molecule has 0 atom stereocenters. The van der Waals surface area contributed by atoms with Crippen molar-refractivity contribution < 1.29 is 31.1 Å². The van der Waals surface area contributed by atoms with Gasteiger partial charge >= 0.3 is 12.4 Å². The maximum absolute atomic E-state index is 12.4. The molecule has 3 nitrogen and oxygen atoms in total. The van der Waals surface area contributed by atoms with Gasteiger partial charge in [0, 0.05) is 12.1 Å². The summed E-state index contributed by atoms with van der Waals surface area (Å²) < 4.78 is 74.2. The summed E-state index contributed by atoms with van der Waals surface area (Å²) in [5.74, 6) is -1.48. The van der Waals surface area contributed by atoms with Crippen LogP contribution >= 0.6 is 0 Å². The highest BCUT2D eigenvalue weighted by molar-refractivity contribution is 5.94. The van der Waals surface area contributed by atoms with Crippen LogP contribution in [0.4, 0.5) is 26.3 Å². The molecule has 1 aliphatic rings. The van der Waals surface area contributed by atoms with Gasteiger partial charge in [0.25, 0.3) is 5.66 Å². The number of alkyl halides is 6. The van der Waals surface area contributed by atoms with Crippen molar-refractivity contribution in [3.63, 3.8) is 0 Å². The molecule has 0 unspecified atom stereocenters. The molecule has 0 saturated carbocycles. The molecule has 0 spiro atoms. The number of halogens is 6. The molecule has 9 heteroatoms. The maximum Gasteiger partial charge on any atom is 0.434 e. The molecule has 0 aromatic rings. The summed E-state index contributed by atoms with van der Waals surface area (Å²) in [4.78, 5) is 10.9. The van der Waals surface area contributed by atoms with Gasteiger partial charge < -0.3 is 5.32 Å². The van der Waals surface area contributed by atoms with E-state index in [1.165, 1.54) is 5.32 Å². The predicted octanol–water partition coefficient (Wildman–Crippen LogP) is 1.08. The van der Waals surface area contributed by atoms with E-state index < -0.39 is 36.0 Å². The summed E-state index contributed by atoms with van der Waals surface area (Å²) in [7, 11) is 0. The zero-order valence-corrected chi connectivity index (χ0v) is 7.59. The third kappa shape index (κ3) is 1.75. The van der Waals surface area contributed by atoms with Crippen LogP contribution in [0.1, 0.15) is 0 Å². The zero-order valence-electron chi connectivity index (χ0n) is 7.59. The summed E-state index contributed by atoms with van der Waals surface area (Å²) in [6.45, 7) is 2.13. The van der Waals surface area contributed by atoms with E-state index in [0.29, 0.717) is 0 Å². The lowest BCUT2D eigenvalue weighted by Crippen LogP contribution is -2.78. The highest BCUT2D eigenvalue weighted by atomic mass is 19.4. The second-order valence-electron chi connectivity index (χ2n) is 3.16. The van der Waals surface area contributed by atoms with E-state index in [0.717, 1.165) is 5.32 Å². The Kier molecular flexibility index (Phi) is 2.70. The standard InChI is InChI=1S/C7H6F6N2O/c1-3-2-14-5(6(8,9)10,7(11,12)13)15-4(3)16/h14H,1-2H2,(H,15,16). The molecule has 0 aliphatic carbocycles. The first-order valence-corrected chi connectivity index (χ1v) is 3.90. The van der Waals surface area contributed by atoms with Gasteiger partial charge in [-0.15, -0.1) is 0 Å². The first-order valence-electron chi connectivity index (χ1n) is 3.90. The van der Waals surface area contributed by atoms with Crippen LogP contribution in [0.3, 0.4) is 0 Å². The molecule has 1 saturated heterocycles. The Bertz CT molecular complexity index is 317. The van der Waals surface area contributed by atoms with Crippen LogP contribution in [0.2, 0.25) is 0 Å². The number of hydrogen-bond donors (Lipinski definition) is 2. The number of carbonyl (C=O) groups is 1. The first kappa shape index (κ1) is 12.8. The fourth-order valence-corrected chi connectivity index (χ4v) is 1.13. The second kappa shape index (κ2) is 3.37. The number of rotatable bonds is 0. The van der Waals surface area contributed by atoms with Crippen LogP contribution in [0, 0.1) is 0 Å². The lowest BCUT2D eigenvalue weighted by atomic mass is 10.0. The largest absolute Gasteiger partial charge is 0.434 e. The molecule has 1 heterocycles. The van der Waals surface area contributed by atoms with Gasteiger partial charge in [0.05, 0.1) is 0 Å². The highest BCUT2D eigenvalue weighted by Crippen LogP contribution is 2.42. The Morgan fingerprint density at radius 2 is 1.56 bits per heavy atom. The Labute approximate surface area is 85.5 Å². The van der Waals surface area contributed by atoms with Crippen LogP contribution < -0.4 is 10.6 Å². The third-order valence-corrected chi connectivity index (χ3v) is 2.04. The second-order valence-corrected chi connectivity index (χ2v) is 3.16. The molecular formula is C7H6F6N2O. The number of carbonyl (C=O) groups excluding carboxylic acids is 1. The average Bonchev–Trinajstić information content (AvgIpc) is 2.05. The number of amides is 1. The Morgan fingerprint density at radius 3 is 1.88 bits per heavy atom. The molecule has 1 rings (SSSR count). The summed E-state index contributed by atoms with van der Waals surface area (Å²) in [6, 6.07) is 0. The van der Waals surface area contributed by atoms with E-state index in [1.54, 1.807) is 0 Å². The minimum absolute atomic E-state index is 0.399. The number of nitrogens with one attached hydrogen (secondary N) is 2. The van der Waals surface area contributed by atoms with E-state index in [2.05, 4.69) is 6.58 Å². The monoisotopic (exact) mass is 248 g/mol. The first-order chi connectivity index (χ1) is 7.01. The van der Waals surface area contributed by atoms with Gasteiger partial charge in [0.15, 0.2) is 0 Å². The van der Waals surface area contributed by atoms with E-state index >= 15 is 0 Å². The molecular weight excluding hydrogens is 242 g/mol. The molecule has 0 radical (unpaired) electrons. The van der Waals surface area contributed by atoms with Crippen molar-refractivity contribution in [3.8, 4) is 0 Å². The molecule has 92 valence electrons. The maximum atomic E-state index is 12.4. The van der Waals surface area contributed by atoms with Crippen molar-refractivity contribution in [2.24, 2.45) is 0 Å². The smallest absolute Gasteiger partial charge is 0.319 e. The predicted molar refractivity (Wildman–Crippen MR) is 40.1 cm³/mol. The Balaban J connectivity index is 3.19. The van der Waals surface area contributed by atoms with Crippen LogP contribution in [-0.2, 0) is 4.79 Å². The molecule has 1 amide bonds. The van der Waals surface area contributed by atoms with Gasteiger partial charge in [-0.1, -0.05) is 6.58 Å². The van der Waals surface area contributed by atoms with Gasteiger partial charge in [-0.25, -0.2) is 0 Å². The summed E-state index contributed by atoms with van der Waals surface area (Å²) in [5.41, 5.74) is -4.80. The minimum Gasteiger partial charge on any atom is -0.319 e. The normalized spacial score (nSPS) is 21.9. The molecule has 16 heavy (non-hydrogen) atoms. The third-order valence-electron chi connectivity index (χ3n) is 2.04. The molecule has 2 N–H and O–H groups in total. The lowest BCUT2D eigenvalue weighted by molar-refractivity contribution is -0.316. The van der Waals surface area contributed by atoms with Crippen molar-refractivity contribution in [1.29, 1.82) is 0 Å². The quantitative estimate of drug-likeness (QED) is 0.497. The molecule has 1 aliphatic heterocycles. The van der Waals surface area contributed by atoms with Crippen LogP contribution in [0.25, 0.3) is 0 Å². The van der Waals surface area contributed by atoms with E-state index in [1.807, 2.05) is 0 Å². The van der Waals surface area contributed by atoms with Crippen molar-refractivity contribution in [2.45, 2.75) is 18.0 Å². The summed E-state index contributed by atoms with van der Waals surface area (Å²) >= 11 is 0. The van der Waals surface area contributed by atoms with Crippen molar-refractivity contribution in [1.82, 2.24) is 10.6 Å². The Hall–Kier alpha value is -1.25. The highest BCUT2D eigenvalue weighted by Gasteiger charge is 2.73. The summed E-state index contributed by atoms with van der Waals surface area (Å²) in [5, 5.41) is 2.07. The van der Waals surface area contributed by atoms with Crippen LogP contribution in [0.15, 0.2) is 12.2 Å². The van der Waals surface area contributed by atoms with Gasteiger partial charge in [0.1, 0.15) is 0 Å². The molecule has 0 aromatic carbocycles. The number of hydrogen-bond acceptors (Lipinski definition) is 2. The van der Waals surface area contributed by atoms with Gasteiger partial charge in [-0.3, -0.25) is 10.1 Å². The zero-order chi connectivity index (χ0) is 12.8. The van der Waals surface area contributed by atoms with Crippen LogP contribution in [-0.4, -0.2) is 30.5 Å².